The molecule has 20 heavy (non-hydrogen) atoms. The lowest BCUT2D eigenvalue weighted by atomic mass is 9.88. The van der Waals surface area contributed by atoms with Crippen LogP contribution < -0.4 is 0 Å². The highest BCUT2D eigenvalue weighted by molar-refractivity contribution is 5.71. The Kier molecular flexibility index (Phi) is 3.68. The number of hydrogen-bond donors (Lipinski definition) is 1. The average molecular weight is 296 g/mol. The van der Waals surface area contributed by atoms with E-state index in [1.165, 1.54) is 6.92 Å². The summed E-state index contributed by atoms with van der Waals surface area (Å²) in [6.45, 7) is 1.28. The fourth-order valence-electron chi connectivity index (χ4n) is 2.05. The molecule has 0 spiro atoms. The second-order valence-electron chi connectivity index (χ2n) is 4.52. The van der Waals surface area contributed by atoms with Gasteiger partial charge >= 0.3 is 5.97 Å². The Bertz CT molecular complexity index is 546. The van der Waals surface area contributed by atoms with Gasteiger partial charge < -0.3 is 9.84 Å². The fraction of sp³-hybridized carbons (Fsp3) is 0.417. The molecule has 1 fully saturated rings. The highest BCUT2D eigenvalue weighted by Gasteiger charge is 2.41. The molecule has 0 bridgehead atoms. The molecular formula is C12H9F5O3. The van der Waals surface area contributed by atoms with Gasteiger partial charge in [0.05, 0.1) is 18.1 Å². The van der Waals surface area contributed by atoms with E-state index in [2.05, 4.69) is 4.74 Å². The number of hydrogen-bond acceptors (Lipinski definition) is 3. The number of ether oxygens (including phenoxy) is 1. The van der Waals surface area contributed by atoms with E-state index in [4.69, 9.17) is 0 Å². The molecule has 1 aliphatic heterocycles. The summed E-state index contributed by atoms with van der Waals surface area (Å²) in [5, 5.41) is 9.55. The van der Waals surface area contributed by atoms with E-state index in [9.17, 15) is 31.9 Å². The maximum Gasteiger partial charge on any atom is 0.309 e. The lowest BCUT2D eigenvalue weighted by Gasteiger charge is -2.33. The Morgan fingerprint density at radius 3 is 1.95 bits per heavy atom. The smallest absolute Gasteiger partial charge is 0.309 e. The van der Waals surface area contributed by atoms with Crippen molar-refractivity contribution in [2.24, 2.45) is 5.92 Å². The third-order valence-electron chi connectivity index (χ3n) is 3.25. The molecule has 0 saturated carbocycles. The summed E-state index contributed by atoms with van der Waals surface area (Å²) in [7, 11) is 0. The van der Waals surface area contributed by atoms with Gasteiger partial charge in [-0.2, -0.15) is 0 Å². The standard InChI is InChI=1S/C12H9F5O3/c1-3-4(18)2-5(19)20-12(3)6-7(13)9(15)11(17)10(16)8(6)14/h3-4,12,18H,2H2,1H3/t3-,4-,12-/m1/s1. The van der Waals surface area contributed by atoms with Crippen LogP contribution in [-0.2, 0) is 9.53 Å². The number of cyclic esters (lactones) is 1. The molecule has 0 aliphatic carbocycles. The molecule has 1 aliphatic rings. The van der Waals surface area contributed by atoms with Crippen molar-refractivity contribution in [2.45, 2.75) is 25.6 Å². The summed E-state index contributed by atoms with van der Waals surface area (Å²) in [5.41, 5.74) is -1.25. The maximum absolute atomic E-state index is 13.6. The van der Waals surface area contributed by atoms with Gasteiger partial charge in [-0.25, -0.2) is 22.0 Å². The molecule has 1 heterocycles. The Labute approximate surface area is 110 Å². The van der Waals surface area contributed by atoms with Gasteiger partial charge in [-0.3, -0.25) is 4.79 Å². The van der Waals surface area contributed by atoms with Crippen molar-refractivity contribution in [2.75, 3.05) is 0 Å². The van der Waals surface area contributed by atoms with Gasteiger partial charge in [-0.1, -0.05) is 6.92 Å². The molecule has 1 saturated heterocycles. The Morgan fingerprint density at radius 1 is 1.00 bits per heavy atom. The summed E-state index contributed by atoms with van der Waals surface area (Å²) in [4.78, 5) is 11.2. The maximum atomic E-state index is 13.6. The van der Waals surface area contributed by atoms with Crippen molar-refractivity contribution in [1.29, 1.82) is 0 Å². The molecular weight excluding hydrogens is 287 g/mol. The van der Waals surface area contributed by atoms with Crippen LogP contribution >= 0.6 is 0 Å². The van der Waals surface area contributed by atoms with E-state index in [0.29, 0.717) is 0 Å². The molecule has 3 nitrogen and oxygen atoms in total. The van der Waals surface area contributed by atoms with Crippen LogP contribution in [0.4, 0.5) is 22.0 Å². The normalized spacial score (nSPS) is 26.6. The molecule has 3 atom stereocenters. The van der Waals surface area contributed by atoms with Crippen molar-refractivity contribution in [3.8, 4) is 0 Å². The molecule has 1 aromatic rings. The van der Waals surface area contributed by atoms with Crippen molar-refractivity contribution in [1.82, 2.24) is 0 Å². The van der Waals surface area contributed by atoms with Gasteiger partial charge in [0.2, 0.25) is 5.82 Å². The SMILES string of the molecule is C[C@@H]1[C@H](O)CC(=O)O[C@H]1c1c(F)c(F)c(F)c(F)c1F. The zero-order valence-corrected chi connectivity index (χ0v) is 10.1. The third kappa shape index (κ3) is 2.13. The van der Waals surface area contributed by atoms with Crippen LogP contribution in [0.1, 0.15) is 25.0 Å². The first-order chi connectivity index (χ1) is 9.25. The summed E-state index contributed by atoms with van der Waals surface area (Å²) in [5.74, 6) is -12.7. The van der Waals surface area contributed by atoms with E-state index in [0.717, 1.165) is 0 Å². The Morgan fingerprint density at radius 2 is 1.45 bits per heavy atom. The van der Waals surface area contributed by atoms with Crippen molar-refractivity contribution >= 4 is 5.97 Å². The minimum absolute atomic E-state index is 0.410. The average Bonchev–Trinajstić information content (AvgIpc) is 2.39. The van der Waals surface area contributed by atoms with Crippen molar-refractivity contribution in [3.63, 3.8) is 0 Å². The van der Waals surface area contributed by atoms with E-state index < -0.39 is 65.2 Å². The summed E-state index contributed by atoms with van der Waals surface area (Å²) in [6.07, 6.45) is -3.44. The monoisotopic (exact) mass is 296 g/mol. The van der Waals surface area contributed by atoms with Crippen molar-refractivity contribution in [3.05, 3.63) is 34.6 Å². The van der Waals surface area contributed by atoms with E-state index in [-0.39, 0.29) is 0 Å². The molecule has 0 unspecified atom stereocenters. The number of benzene rings is 1. The van der Waals surface area contributed by atoms with Crippen LogP contribution in [-0.4, -0.2) is 17.2 Å². The number of rotatable bonds is 1. The molecule has 110 valence electrons. The second kappa shape index (κ2) is 5.01. The lowest BCUT2D eigenvalue weighted by Crippen LogP contribution is -2.36. The number of carbonyl (C=O) groups excluding carboxylic acids is 1. The number of aliphatic hydroxyl groups excluding tert-OH is 1. The van der Waals surface area contributed by atoms with E-state index in [1.54, 1.807) is 0 Å². The quantitative estimate of drug-likeness (QED) is 0.374. The first-order valence-electron chi connectivity index (χ1n) is 5.64. The predicted octanol–water partition coefficient (Wildman–Crippen LogP) is 2.37. The van der Waals surface area contributed by atoms with Crippen LogP contribution in [0, 0.1) is 35.0 Å². The van der Waals surface area contributed by atoms with Crippen LogP contribution in [0.15, 0.2) is 0 Å². The summed E-state index contributed by atoms with van der Waals surface area (Å²) in [6, 6.07) is 0. The first-order valence-corrected chi connectivity index (χ1v) is 5.64. The van der Waals surface area contributed by atoms with Gasteiger partial charge in [-0.15, -0.1) is 0 Å². The fourth-order valence-corrected chi connectivity index (χ4v) is 2.05. The van der Waals surface area contributed by atoms with Gasteiger partial charge in [0.25, 0.3) is 0 Å². The third-order valence-corrected chi connectivity index (χ3v) is 3.25. The lowest BCUT2D eigenvalue weighted by molar-refractivity contribution is -0.168. The molecule has 2 rings (SSSR count). The number of halogens is 5. The summed E-state index contributed by atoms with van der Waals surface area (Å²) < 4.78 is 71.0. The van der Waals surface area contributed by atoms with Crippen LogP contribution in [0.3, 0.4) is 0 Å². The Hall–Kier alpha value is -1.70. The van der Waals surface area contributed by atoms with Gasteiger partial charge in [-0.05, 0) is 0 Å². The topological polar surface area (TPSA) is 46.5 Å². The van der Waals surface area contributed by atoms with Gasteiger partial charge in [0.1, 0.15) is 6.10 Å². The summed E-state index contributed by atoms with van der Waals surface area (Å²) >= 11 is 0. The predicted molar refractivity (Wildman–Crippen MR) is 54.9 cm³/mol. The number of carbonyl (C=O) groups is 1. The number of aliphatic hydroxyl groups is 1. The molecule has 0 amide bonds. The second-order valence-corrected chi connectivity index (χ2v) is 4.52. The largest absolute Gasteiger partial charge is 0.457 e. The van der Waals surface area contributed by atoms with Gasteiger partial charge in [0, 0.05) is 5.92 Å². The van der Waals surface area contributed by atoms with Crippen LogP contribution in [0.25, 0.3) is 0 Å². The highest BCUT2D eigenvalue weighted by Crippen LogP contribution is 2.38. The number of esters is 1. The molecule has 1 aromatic carbocycles. The zero-order valence-electron chi connectivity index (χ0n) is 10.1. The van der Waals surface area contributed by atoms with Crippen molar-refractivity contribution < 1.29 is 36.6 Å². The molecule has 0 radical (unpaired) electrons. The first kappa shape index (κ1) is 14.7. The van der Waals surface area contributed by atoms with Crippen LogP contribution in [0.2, 0.25) is 0 Å². The zero-order chi connectivity index (χ0) is 15.2. The molecule has 1 N–H and O–H groups in total. The minimum atomic E-state index is -2.29. The Balaban J connectivity index is 2.60. The van der Waals surface area contributed by atoms with E-state index in [1.807, 2.05) is 0 Å². The molecule has 8 heteroatoms. The minimum Gasteiger partial charge on any atom is -0.457 e. The van der Waals surface area contributed by atoms with Gasteiger partial charge in [0.15, 0.2) is 23.3 Å². The van der Waals surface area contributed by atoms with E-state index >= 15 is 0 Å². The highest BCUT2D eigenvalue weighted by atomic mass is 19.2. The molecule has 0 aromatic heterocycles. The van der Waals surface area contributed by atoms with Crippen LogP contribution in [0.5, 0.6) is 0 Å².